The predicted octanol–water partition coefficient (Wildman–Crippen LogP) is 4.33. The molecule has 0 radical (unpaired) electrons. The molecular formula is C21H22ClNO5. The number of carbonyl (C=O) groups is 2. The lowest BCUT2D eigenvalue weighted by atomic mass is 10.2. The van der Waals surface area contributed by atoms with Crippen LogP contribution in [0.1, 0.15) is 19.4 Å². The molecule has 0 aliphatic heterocycles. The summed E-state index contributed by atoms with van der Waals surface area (Å²) in [6.07, 6.45) is 2.83. The highest BCUT2D eigenvalue weighted by Crippen LogP contribution is 2.29. The molecule has 1 N–H and O–H groups in total. The predicted molar refractivity (Wildman–Crippen MR) is 109 cm³/mol. The fourth-order valence-electron chi connectivity index (χ4n) is 2.25. The minimum atomic E-state index is -0.627. The Bertz CT molecular complexity index is 833. The Hall–Kier alpha value is -2.99. The van der Waals surface area contributed by atoms with Crippen LogP contribution in [0.3, 0.4) is 0 Å². The van der Waals surface area contributed by atoms with Gasteiger partial charge in [0.15, 0.2) is 18.1 Å². The molecule has 2 aromatic carbocycles. The number of esters is 1. The molecule has 0 heterocycles. The maximum atomic E-state index is 11.8. The largest absolute Gasteiger partial charge is 0.490 e. The second-order valence-electron chi connectivity index (χ2n) is 5.57. The summed E-state index contributed by atoms with van der Waals surface area (Å²) in [7, 11) is 0. The van der Waals surface area contributed by atoms with Gasteiger partial charge in [-0.2, -0.15) is 0 Å². The first kappa shape index (κ1) is 21.3. The second kappa shape index (κ2) is 11.0. The van der Waals surface area contributed by atoms with Crippen LogP contribution in [0, 0.1) is 0 Å². The molecule has 2 aromatic rings. The van der Waals surface area contributed by atoms with Gasteiger partial charge in [-0.25, -0.2) is 4.79 Å². The Morgan fingerprint density at radius 2 is 1.68 bits per heavy atom. The van der Waals surface area contributed by atoms with Crippen molar-refractivity contribution in [2.24, 2.45) is 0 Å². The van der Waals surface area contributed by atoms with Gasteiger partial charge in [-0.3, -0.25) is 4.79 Å². The fraction of sp³-hybridized carbons (Fsp3) is 0.238. The minimum Gasteiger partial charge on any atom is -0.490 e. The minimum absolute atomic E-state index is 0.390. The van der Waals surface area contributed by atoms with Crippen molar-refractivity contribution >= 4 is 35.2 Å². The van der Waals surface area contributed by atoms with Crippen LogP contribution >= 0.6 is 11.6 Å². The molecular weight excluding hydrogens is 382 g/mol. The van der Waals surface area contributed by atoms with Crippen molar-refractivity contribution < 1.29 is 23.8 Å². The fourth-order valence-corrected chi connectivity index (χ4v) is 2.38. The molecule has 6 nitrogen and oxygen atoms in total. The quantitative estimate of drug-likeness (QED) is 0.498. The van der Waals surface area contributed by atoms with Gasteiger partial charge in [0, 0.05) is 16.8 Å². The normalized spacial score (nSPS) is 10.5. The van der Waals surface area contributed by atoms with E-state index in [0.717, 1.165) is 5.56 Å². The molecule has 0 saturated heterocycles. The standard InChI is InChI=1S/C21H22ClNO5/c1-3-26-18-11-5-15(13-19(18)27-4-2)6-12-21(25)28-14-20(24)23-17-9-7-16(22)8-10-17/h5-13H,3-4,14H2,1-2H3,(H,23,24)/b12-6+. The average molecular weight is 404 g/mol. The van der Waals surface area contributed by atoms with Gasteiger partial charge in [0.25, 0.3) is 5.91 Å². The number of rotatable bonds is 9. The molecule has 0 aliphatic carbocycles. The molecule has 0 fully saturated rings. The number of halogens is 1. The number of nitrogens with one attached hydrogen (secondary N) is 1. The van der Waals surface area contributed by atoms with E-state index in [2.05, 4.69) is 5.32 Å². The van der Waals surface area contributed by atoms with Gasteiger partial charge in [0.2, 0.25) is 0 Å². The number of hydrogen-bond acceptors (Lipinski definition) is 5. The Balaban J connectivity index is 1.87. The van der Waals surface area contributed by atoms with Crippen LogP contribution in [0.15, 0.2) is 48.5 Å². The van der Waals surface area contributed by atoms with Crippen LogP contribution in [0.2, 0.25) is 5.02 Å². The molecule has 0 spiro atoms. The molecule has 0 aliphatic rings. The van der Waals surface area contributed by atoms with Crippen molar-refractivity contribution in [1.82, 2.24) is 0 Å². The van der Waals surface area contributed by atoms with E-state index in [1.807, 2.05) is 13.8 Å². The molecule has 0 aromatic heterocycles. The van der Waals surface area contributed by atoms with Crippen molar-refractivity contribution in [2.75, 3.05) is 25.1 Å². The third-order valence-corrected chi connectivity index (χ3v) is 3.70. The first-order valence-electron chi connectivity index (χ1n) is 8.81. The van der Waals surface area contributed by atoms with Crippen molar-refractivity contribution in [3.63, 3.8) is 0 Å². The van der Waals surface area contributed by atoms with Crippen LogP contribution in [0.5, 0.6) is 11.5 Å². The van der Waals surface area contributed by atoms with Gasteiger partial charge >= 0.3 is 5.97 Å². The van der Waals surface area contributed by atoms with Crippen molar-refractivity contribution in [1.29, 1.82) is 0 Å². The first-order chi connectivity index (χ1) is 13.5. The lowest BCUT2D eigenvalue weighted by Gasteiger charge is -2.11. The molecule has 0 saturated carbocycles. The molecule has 7 heteroatoms. The van der Waals surface area contributed by atoms with Crippen LogP contribution < -0.4 is 14.8 Å². The summed E-state index contributed by atoms with van der Waals surface area (Å²) in [4.78, 5) is 23.7. The number of ether oxygens (including phenoxy) is 3. The number of benzene rings is 2. The monoisotopic (exact) mass is 403 g/mol. The SMILES string of the molecule is CCOc1ccc(/C=C/C(=O)OCC(=O)Nc2ccc(Cl)cc2)cc1OCC. The van der Waals surface area contributed by atoms with Crippen molar-refractivity contribution in [3.8, 4) is 11.5 Å². The second-order valence-corrected chi connectivity index (χ2v) is 6.00. The number of amides is 1. The van der Waals surface area contributed by atoms with Crippen molar-refractivity contribution in [2.45, 2.75) is 13.8 Å². The topological polar surface area (TPSA) is 73.9 Å². The summed E-state index contributed by atoms with van der Waals surface area (Å²) in [5.41, 5.74) is 1.31. The summed E-state index contributed by atoms with van der Waals surface area (Å²) >= 11 is 5.78. The molecule has 28 heavy (non-hydrogen) atoms. The van der Waals surface area contributed by atoms with E-state index in [-0.39, 0.29) is 6.61 Å². The number of anilines is 1. The van der Waals surface area contributed by atoms with E-state index in [9.17, 15) is 9.59 Å². The highest BCUT2D eigenvalue weighted by Gasteiger charge is 2.07. The van der Waals surface area contributed by atoms with E-state index < -0.39 is 11.9 Å². The highest BCUT2D eigenvalue weighted by atomic mass is 35.5. The van der Waals surface area contributed by atoms with E-state index >= 15 is 0 Å². The zero-order chi connectivity index (χ0) is 20.4. The Morgan fingerprint density at radius 3 is 2.36 bits per heavy atom. The van der Waals surface area contributed by atoms with Crippen LogP contribution in [-0.2, 0) is 14.3 Å². The number of hydrogen-bond donors (Lipinski definition) is 1. The smallest absolute Gasteiger partial charge is 0.331 e. The third kappa shape index (κ3) is 6.96. The summed E-state index contributed by atoms with van der Waals surface area (Å²) in [5, 5.41) is 3.17. The first-order valence-corrected chi connectivity index (χ1v) is 9.19. The van der Waals surface area contributed by atoms with Crippen LogP contribution in [-0.4, -0.2) is 31.7 Å². The maximum absolute atomic E-state index is 11.8. The summed E-state index contributed by atoms with van der Waals surface area (Å²) in [5.74, 6) is 0.173. The van der Waals surface area contributed by atoms with Gasteiger partial charge < -0.3 is 19.5 Å². The molecule has 2 rings (SSSR count). The Labute approximate surface area is 169 Å². The zero-order valence-electron chi connectivity index (χ0n) is 15.7. The average Bonchev–Trinajstić information content (AvgIpc) is 2.68. The van der Waals surface area contributed by atoms with E-state index in [0.29, 0.717) is 35.4 Å². The summed E-state index contributed by atoms with van der Waals surface area (Å²) in [6.45, 7) is 4.41. The lowest BCUT2D eigenvalue weighted by Crippen LogP contribution is -2.20. The van der Waals surface area contributed by atoms with E-state index in [4.69, 9.17) is 25.8 Å². The van der Waals surface area contributed by atoms with Gasteiger partial charge in [0.1, 0.15) is 0 Å². The van der Waals surface area contributed by atoms with Crippen molar-refractivity contribution in [3.05, 3.63) is 59.1 Å². The molecule has 148 valence electrons. The lowest BCUT2D eigenvalue weighted by molar-refractivity contribution is -0.142. The third-order valence-electron chi connectivity index (χ3n) is 3.45. The molecule has 0 bridgehead atoms. The Kier molecular flexibility index (Phi) is 8.37. The van der Waals surface area contributed by atoms with Gasteiger partial charge in [0.05, 0.1) is 13.2 Å². The van der Waals surface area contributed by atoms with Gasteiger partial charge in [-0.1, -0.05) is 17.7 Å². The zero-order valence-corrected chi connectivity index (χ0v) is 16.5. The van der Waals surface area contributed by atoms with E-state index in [1.54, 1.807) is 48.5 Å². The molecule has 1 amide bonds. The number of carbonyl (C=O) groups excluding carboxylic acids is 2. The highest BCUT2D eigenvalue weighted by molar-refractivity contribution is 6.30. The molecule has 0 atom stereocenters. The van der Waals surface area contributed by atoms with E-state index in [1.165, 1.54) is 6.08 Å². The van der Waals surface area contributed by atoms with Gasteiger partial charge in [-0.05, 0) is 61.9 Å². The van der Waals surface area contributed by atoms with Crippen LogP contribution in [0.4, 0.5) is 5.69 Å². The molecule has 0 unspecified atom stereocenters. The maximum Gasteiger partial charge on any atom is 0.331 e. The summed E-state index contributed by atoms with van der Waals surface area (Å²) in [6, 6.07) is 12.0. The Morgan fingerprint density at radius 1 is 1.00 bits per heavy atom. The summed E-state index contributed by atoms with van der Waals surface area (Å²) < 4.78 is 16.0. The van der Waals surface area contributed by atoms with Crippen LogP contribution in [0.25, 0.3) is 6.08 Å². The van der Waals surface area contributed by atoms with Gasteiger partial charge in [-0.15, -0.1) is 0 Å².